The third-order valence-electron chi connectivity index (χ3n) is 8.29. The minimum atomic E-state index is 0.310. The van der Waals surface area contributed by atoms with Crippen LogP contribution in [0.15, 0.2) is 30.8 Å². The van der Waals surface area contributed by atoms with Crippen molar-refractivity contribution in [3.63, 3.8) is 0 Å². The van der Waals surface area contributed by atoms with Crippen LogP contribution in [-0.2, 0) is 0 Å². The van der Waals surface area contributed by atoms with E-state index in [2.05, 4.69) is 109 Å². The van der Waals surface area contributed by atoms with Gasteiger partial charge in [0.2, 0.25) is 0 Å². The summed E-state index contributed by atoms with van der Waals surface area (Å²) in [6.45, 7) is 22.7. The zero-order valence-electron chi connectivity index (χ0n) is 24.0. The number of rotatable bonds is 7. The zero-order chi connectivity index (χ0) is 25.9. The van der Waals surface area contributed by atoms with Gasteiger partial charge in [-0.25, -0.2) is 4.58 Å². The molecule has 2 nitrogen and oxygen atoms in total. The van der Waals surface area contributed by atoms with Crippen molar-refractivity contribution in [3.05, 3.63) is 64.2 Å². The molecular formula is C33H49N2+. The Balaban J connectivity index is 2.24. The molecule has 0 aliphatic heterocycles. The molecule has 1 aliphatic rings. The number of hydrogen-bond donors (Lipinski definition) is 0. The molecule has 2 aromatic carbocycles. The first-order chi connectivity index (χ1) is 16.5. The molecule has 3 rings (SSSR count). The van der Waals surface area contributed by atoms with Crippen molar-refractivity contribution in [1.29, 1.82) is 0 Å². The van der Waals surface area contributed by atoms with E-state index in [1.165, 1.54) is 76.9 Å². The number of nitrogens with zero attached hydrogens (tertiary/aromatic N) is 2. The Bertz CT molecular complexity index is 1090. The standard InChI is InChI=1S/C33H49N2/c1-11-27(7)35(30-16-14-13-15-17-33(30,8)9)22-29-21-24(4)19-26(6)32(29)34(10)31-25(5)18-23(3)20-28(31)12-2/h12,18-22,27,30H,2,11,13-17H2,1,3-10H3/q+1. The first-order valence-corrected chi connectivity index (χ1v) is 13.7. The van der Waals surface area contributed by atoms with Crippen LogP contribution in [0, 0.1) is 33.1 Å². The van der Waals surface area contributed by atoms with Gasteiger partial charge >= 0.3 is 0 Å². The van der Waals surface area contributed by atoms with Crippen molar-refractivity contribution in [1.82, 2.24) is 0 Å². The highest BCUT2D eigenvalue weighted by Crippen LogP contribution is 2.39. The summed E-state index contributed by atoms with van der Waals surface area (Å²) in [5.41, 5.74) is 10.6. The number of aryl methyl sites for hydroxylation is 4. The number of anilines is 2. The lowest BCUT2D eigenvalue weighted by Gasteiger charge is -2.33. The monoisotopic (exact) mass is 473 g/mol. The van der Waals surface area contributed by atoms with Crippen LogP contribution in [0.25, 0.3) is 6.08 Å². The first kappa shape index (κ1) is 27.2. The van der Waals surface area contributed by atoms with Gasteiger partial charge in [0.1, 0.15) is 6.04 Å². The lowest BCUT2D eigenvalue weighted by Crippen LogP contribution is -2.43. The van der Waals surface area contributed by atoms with Crippen LogP contribution in [0.5, 0.6) is 0 Å². The molecule has 0 aromatic heterocycles. The summed E-state index contributed by atoms with van der Waals surface area (Å²) in [4.78, 5) is 2.40. The lowest BCUT2D eigenvalue weighted by molar-refractivity contribution is -0.609. The molecule has 0 radical (unpaired) electrons. The highest BCUT2D eigenvalue weighted by molar-refractivity contribution is 5.91. The van der Waals surface area contributed by atoms with Crippen LogP contribution >= 0.6 is 0 Å². The summed E-state index contributed by atoms with van der Waals surface area (Å²) in [6, 6.07) is 10.3. The van der Waals surface area contributed by atoms with E-state index in [9.17, 15) is 0 Å². The third-order valence-corrected chi connectivity index (χ3v) is 8.29. The Kier molecular flexibility index (Phi) is 8.67. The van der Waals surface area contributed by atoms with Crippen LogP contribution in [-0.4, -0.2) is 29.9 Å². The van der Waals surface area contributed by atoms with E-state index >= 15 is 0 Å². The highest BCUT2D eigenvalue weighted by atomic mass is 15.1. The molecule has 0 bridgehead atoms. The van der Waals surface area contributed by atoms with Gasteiger partial charge in [-0.3, -0.25) is 0 Å². The van der Waals surface area contributed by atoms with Crippen LogP contribution in [0.3, 0.4) is 0 Å². The van der Waals surface area contributed by atoms with E-state index in [1.54, 1.807) is 0 Å². The van der Waals surface area contributed by atoms with Crippen LogP contribution in [0.4, 0.5) is 11.4 Å². The molecule has 2 atom stereocenters. The maximum Gasteiger partial charge on any atom is 0.173 e. The molecule has 1 fully saturated rings. The van der Waals surface area contributed by atoms with E-state index in [-0.39, 0.29) is 0 Å². The molecule has 190 valence electrons. The average molecular weight is 474 g/mol. The van der Waals surface area contributed by atoms with Crippen molar-refractivity contribution in [2.24, 2.45) is 5.41 Å². The Morgan fingerprint density at radius 2 is 1.54 bits per heavy atom. The molecule has 2 unspecified atom stereocenters. The molecule has 0 amide bonds. The van der Waals surface area contributed by atoms with Gasteiger partial charge in [0.15, 0.2) is 12.3 Å². The van der Waals surface area contributed by atoms with Gasteiger partial charge in [-0.15, -0.1) is 0 Å². The van der Waals surface area contributed by atoms with Crippen molar-refractivity contribution in [2.75, 3.05) is 11.9 Å². The van der Waals surface area contributed by atoms with Crippen LogP contribution in [0.1, 0.15) is 99.6 Å². The fourth-order valence-corrected chi connectivity index (χ4v) is 6.37. The Labute approximate surface area is 215 Å². The quantitative estimate of drug-likeness (QED) is 0.221. The van der Waals surface area contributed by atoms with Gasteiger partial charge in [-0.05, 0) is 81.8 Å². The lowest BCUT2D eigenvalue weighted by atomic mass is 9.79. The topological polar surface area (TPSA) is 6.25 Å². The maximum absolute atomic E-state index is 4.13. The molecule has 2 heteroatoms. The van der Waals surface area contributed by atoms with E-state index in [1.807, 2.05) is 6.08 Å². The second kappa shape index (κ2) is 11.1. The summed E-state index contributed by atoms with van der Waals surface area (Å²) < 4.78 is 2.73. The summed E-state index contributed by atoms with van der Waals surface area (Å²) >= 11 is 0. The van der Waals surface area contributed by atoms with Gasteiger partial charge in [-0.2, -0.15) is 0 Å². The van der Waals surface area contributed by atoms with Crippen molar-refractivity contribution in [3.8, 4) is 0 Å². The molecule has 0 spiro atoms. The molecule has 0 heterocycles. The van der Waals surface area contributed by atoms with E-state index in [0.29, 0.717) is 17.5 Å². The molecule has 35 heavy (non-hydrogen) atoms. The second-order valence-corrected chi connectivity index (χ2v) is 11.7. The van der Waals surface area contributed by atoms with Crippen molar-refractivity contribution < 1.29 is 4.58 Å². The minimum Gasteiger partial charge on any atom is -0.343 e. The molecule has 1 saturated carbocycles. The highest BCUT2D eigenvalue weighted by Gasteiger charge is 2.40. The smallest absolute Gasteiger partial charge is 0.173 e. The fourth-order valence-electron chi connectivity index (χ4n) is 6.37. The normalized spacial score (nSPS) is 19.2. The summed E-state index contributed by atoms with van der Waals surface area (Å²) in [5, 5.41) is 0. The van der Waals surface area contributed by atoms with Gasteiger partial charge in [0.25, 0.3) is 0 Å². The third kappa shape index (κ3) is 5.90. The Morgan fingerprint density at radius 3 is 2.11 bits per heavy atom. The summed E-state index contributed by atoms with van der Waals surface area (Å²) in [5.74, 6) is 0. The van der Waals surface area contributed by atoms with Crippen LogP contribution in [0.2, 0.25) is 0 Å². The fraction of sp³-hybridized carbons (Fsp3) is 0.545. The van der Waals surface area contributed by atoms with Crippen molar-refractivity contribution >= 4 is 23.7 Å². The minimum absolute atomic E-state index is 0.310. The van der Waals surface area contributed by atoms with E-state index in [4.69, 9.17) is 0 Å². The van der Waals surface area contributed by atoms with E-state index < -0.39 is 0 Å². The van der Waals surface area contributed by atoms with Crippen molar-refractivity contribution in [2.45, 2.75) is 106 Å². The average Bonchev–Trinajstić information content (AvgIpc) is 2.95. The predicted molar refractivity (Wildman–Crippen MR) is 156 cm³/mol. The van der Waals surface area contributed by atoms with E-state index in [0.717, 1.165) is 6.42 Å². The first-order valence-electron chi connectivity index (χ1n) is 13.7. The van der Waals surface area contributed by atoms with Gasteiger partial charge < -0.3 is 4.90 Å². The van der Waals surface area contributed by atoms with Gasteiger partial charge in [0.05, 0.1) is 16.9 Å². The number of benzene rings is 2. The van der Waals surface area contributed by atoms with Gasteiger partial charge in [0, 0.05) is 25.3 Å². The molecule has 0 saturated heterocycles. The molecular weight excluding hydrogens is 424 g/mol. The Hall–Kier alpha value is -2.35. The summed E-state index contributed by atoms with van der Waals surface area (Å²) in [7, 11) is 2.23. The Morgan fingerprint density at radius 1 is 0.971 bits per heavy atom. The summed E-state index contributed by atoms with van der Waals surface area (Å²) in [6.07, 6.45) is 12.3. The molecule has 0 N–H and O–H groups in total. The second-order valence-electron chi connectivity index (χ2n) is 11.7. The van der Waals surface area contributed by atoms with Crippen LogP contribution < -0.4 is 4.90 Å². The largest absolute Gasteiger partial charge is 0.343 e. The zero-order valence-corrected chi connectivity index (χ0v) is 24.0. The maximum atomic E-state index is 4.13. The molecule has 2 aromatic rings. The van der Waals surface area contributed by atoms with Gasteiger partial charge in [-0.1, -0.05) is 64.0 Å². The number of hydrogen-bond acceptors (Lipinski definition) is 1. The predicted octanol–water partition coefficient (Wildman–Crippen LogP) is 8.92. The molecule has 1 aliphatic carbocycles. The SMILES string of the molecule is C=Cc1cc(C)cc(C)c1N(C)c1c(C)cc(C)cc1C=[N+](C(C)CC)C1CCCCCC1(C)C.